The monoisotopic (exact) mass is 274 g/mol. The molecule has 2 heterocycles. The summed E-state index contributed by atoms with van der Waals surface area (Å²) >= 11 is 1.29. The third-order valence-corrected chi connectivity index (χ3v) is 3.54. The lowest BCUT2D eigenvalue weighted by Gasteiger charge is -2.05. The van der Waals surface area contributed by atoms with Crippen LogP contribution in [0, 0.1) is 0 Å². The molecule has 0 aliphatic carbocycles. The molecule has 5 nitrogen and oxygen atoms in total. The van der Waals surface area contributed by atoms with Crippen LogP contribution in [-0.4, -0.2) is 35.0 Å². The van der Waals surface area contributed by atoms with Gasteiger partial charge in [0.15, 0.2) is 5.78 Å². The Balaban J connectivity index is 2.15. The molecule has 0 unspecified atom stereocenters. The van der Waals surface area contributed by atoms with Crippen LogP contribution < -0.4 is 0 Å². The van der Waals surface area contributed by atoms with Crippen LogP contribution in [0.3, 0.4) is 0 Å². The first-order valence-electron chi connectivity index (χ1n) is 5.45. The number of carbonyl (C=O) groups excluding carboxylic acids is 3. The predicted octanol–water partition coefficient (Wildman–Crippen LogP) is 1.61. The minimum absolute atomic E-state index is 0.241. The Labute approximate surface area is 113 Å². The first-order valence-corrected chi connectivity index (χ1v) is 6.27. The topological polar surface area (TPSA) is 67.3 Å². The second kappa shape index (κ2) is 6.01. The quantitative estimate of drug-likeness (QED) is 0.593. The smallest absolute Gasteiger partial charge is 0.216 e. The third-order valence-electron chi connectivity index (χ3n) is 2.40. The van der Waals surface area contributed by atoms with E-state index in [4.69, 9.17) is 0 Å². The van der Waals surface area contributed by atoms with Crippen molar-refractivity contribution in [2.75, 3.05) is 6.54 Å². The van der Waals surface area contributed by atoms with Gasteiger partial charge in [0.2, 0.25) is 12.8 Å². The second-order valence-corrected chi connectivity index (χ2v) is 4.77. The van der Waals surface area contributed by atoms with Crippen LogP contribution in [-0.2, 0) is 9.59 Å². The van der Waals surface area contributed by atoms with Crippen LogP contribution in [0.5, 0.6) is 0 Å². The van der Waals surface area contributed by atoms with E-state index >= 15 is 0 Å². The number of rotatable bonds is 6. The zero-order valence-corrected chi connectivity index (χ0v) is 10.7. The fourth-order valence-electron chi connectivity index (χ4n) is 1.48. The van der Waals surface area contributed by atoms with Gasteiger partial charge in [-0.05, 0) is 24.3 Å². The molecular weight excluding hydrogens is 264 g/mol. The number of hydrogen-bond acceptors (Lipinski definition) is 5. The Hall–Kier alpha value is -2.34. The van der Waals surface area contributed by atoms with Crippen molar-refractivity contribution in [1.29, 1.82) is 0 Å². The minimum Gasteiger partial charge on any atom is -0.291 e. The summed E-state index contributed by atoms with van der Waals surface area (Å²) in [7, 11) is 0. The zero-order chi connectivity index (χ0) is 13.7. The summed E-state index contributed by atoms with van der Waals surface area (Å²) in [6, 6.07) is 9.00. The van der Waals surface area contributed by atoms with Gasteiger partial charge in [-0.1, -0.05) is 6.07 Å². The van der Waals surface area contributed by atoms with Crippen molar-refractivity contribution in [3.63, 3.8) is 0 Å². The van der Waals surface area contributed by atoms with Crippen LogP contribution in [0.25, 0.3) is 10.6 Å². The molecule has 0 radical (unpaired) electrons. The summed E-state index contributed by atoms with van der Waals surface area (Å²) in [5.74, 6) is -0.272. The molecule has 96 valence electrons. The number of ketones is 1. The van der Waals surface area contributed by atoms with E-state index < -0.39 is 0 Å². The maximum Gasteiger partial charge on any atom is 0.216 e. The van der Waals surface area contributed by atoms with Crippen LogP contribution >= 0.6 is 11.3 Å². The van der Waals surface area contributed by atoms with Crippen molar-refractivity contribution in [3.8, 4) is 10.6 Å². The minimum atomic E-state index is -0.272. The number of imide groups is 1. The van der Waals surface area contributed by atoms with Gasteiger partial charge in [0.25, 0.3) is 0 Å². The number of aromatic nitrogens is 1. The molecule has 19 heavy (non-hydrogen) atoms. The van der Waals surface area contributed by atoms with Crippen LogP contribution in [0.15, 0.2) is 36.5 Å². The van der Waals surface area contributed by atoms with Gasteiger partial charge in [-0.3, -0.25) is 24.3 Å². The Morgan fingerprint density at radius 3 is 2.63 bits per heavy atom. The molecule has 0 spiro atoms. The van der Waals surface area contributed by atoms with E-state index in [1.807, 2.05) is 18.2 Å². The number of pyridine rings is 1. The zero-order valence-electron chi connectivity index (χ0n) is 9.85. The lowest BCUT2D eigenvalue weighted by atomic mass is 10.3. The lowest BCUT2D eigenvalue weighted by Crippen LogP contribution is -2.26. The van der Waals surface area contributed by atoms with Gasteiger partial charge >= 0.3 is 0 Å². The van der Waals surface area contributed by atoms with Crippen molar-refractivity contribution in [2.45, 2.75) is 0 Å². The fourth-order valence-corrected chi connectivity index (χ4v) is 2.39. The first-order chi connectivity index (χ1) is 9.24. The van der Waals surface area contributed by atoms with E-state index in [-0.39, 0.29) is 12.3 Å². The van der Waals surface area contributed by atoms with Crippen LogP contribution in [0.2, 0.25) is 0 Å². The van der Waals surface area contributed by atoms with Gasteiger partial charge in [0, 0.05) is 6.20 Å². The number of nitrogens with zero attached hydrogens (tertiary/aromatic N) is 2. The van der Waals surface area contributed by atoms with Gasteiger partial charge < -0.3 is 0 Å². The Morgan fingerprint density at radius 1 is 1.21 bits per heavy atom. The second-order valence-electron chi connectivity index (χ2n) is 3.69. The third kappa shape index (κ3) is 3.11. The number of Topliss-reactive ketones (excluding diaryl/α,β-unsaturated/α-hetero) is 1. The molecule has 0 atom stereocenters. The number of thiophene rings is 1. The Bertz CT molecular complexity index is 587. The molecule has 0 bridgehead atoms. The van der Waals surface area contributed by atoms with Gasteiger partial charge in [-0.15, -0.1) is 11.3 Å². The van der Waals surface area contributed by atoms with Gasteiger partial charge in [0.1, 0.15) is 0 Å². The predicted molar refractivity (Wildman–Crippen MR) is 70.7 cm³/mol. The first kappa shape index (κ1) is 13.1. The molecule has 0 N–H and O–H groups in total. The Kier molecular flexibility index (Phi) is 4.15. The molecule has 0 saturated carbocycles. The highest BCUT2D eigenvalue weighted by molar-refractivity contribution is 7.17. The molecule has 2 rings (SSSR count). The maximum absolute atomic E-state index is 11.8. The molecule has 0 fully saturated rings. The molecule has 2 amide bonds. The highest BCUT2D eigenvalue weighted by atomic mass is 32.1. The van der Waals surface area contributed by atoms with E-state index in [0.29, 0.717) is 17.7 Å². The van der Waals surface area contributed by atoms with E-state index in [1.165, 1.54) is 11.3 Å². The lowest BCUT2D eigenvalue weighted by molar-refractivity contribution is -0.128. The average Bonchev–Trinajstić information content (AvgIpc) is 2.95. The molecule has 6 heteroatoms. The molecule has 2 aromatic rings. The van der Waals surface area contributed by atoms with E-state index in [1.54, 1.807) is 18.3 Å². The molecular formula is C13H10N2O3S. The van der Waals surface area contributed by atoms with E-state index in [0.717, 1.165) is 15.5 Å². The van der Waals surface area contributed by atoms with Crippen molar-refractivity contribution in [2.24, 2.45) is 0 Å². The highest BCUT2D eigenvalue weighted by Crippen LogP contribution is 2.26. The standard InChI is InChI=1S/C13H10N2O3S/c16-8-15(9-17)7-11(18)13-5-4-12(19-13)10-3-1-2-6-14-10/h1-6,8-9H,7H2. The van der Waals surface area contributed by atoms with Gasteiger partial charge in [0.05, 0.1) is 22.0 Å². The molecule has 0 aliphatic heterocycles. The van der Waals surface area contributed by atoms with E-state index in [9.17, 15) is 14.4 Å². The van der Waals surface area contributed by atoms with Gasteiger partial charge in [-0.2, -0.15) is 0 Å². The van der Waals surface area contributed by atoms with Crippen molar-refractivity contribution in [1.82, 2.24) is 9.88 Å². The fraction of sp³-hybridized carbons (Fsp3) is 0.0769. The SMILES string of the molecule is O=CN(C=O)CC(=O)c1ccc(-c2ccccn2)s1. The summed E-state index contributed by atoms with van der Waals surface area (Å²) in [6.45, 7) is -0.241. The van der Waals surface area contributed by atoms with Crippen molar-refractivity contribution < 1.29 is 14.4 Å². The number of carbonyl (C=O) groups is 3. The average molecular weight is 274 g/mol. The normalized spacial score (nSPS) is 9.89. The summed E-state index contributed by atoms with van der Waals surface area (Å²) in [4.78, 5) is 39.1. The summed E-state index contributed by atoms with van der Waals surface area (Å²) < 4.78 is 0. The number of hydrogen-bond donors (Lipinski definition) is 0. The summed E-state index contributed by atoms with van der Waals surface area (Å²) in [6.07, 6.45) is 2.34. The van der Waals surface area contributed by atoms with E-state index in [2.05, 4.69) is 4.98 Å². The van der Waals surface area contributed by atoms with Crippen molar-refractivity contribution in [3.05, 3.63) is 41.4 Å². The number of amides is 2. The molecule has 0 saturated heterocycles. The molecule has 0 aliphatic rings. The maximum atomic E-state index is 11.8. The summed E-state index contributed by atoms with van der Waals surface area (Å²) in [5, 5.41) is 0. The largest absolute Gasteiger partial charge is 0.291 e. The van der Waals surface area contributed by atoms with Crippen LogP contribution in [0.1, 0.15) is 9.67 Å². The molecule has 0 aromatic carbocycles. The Morgan fingerprint density at radius 2 is 2.00 bits per heavy atom. The van der Waals surface area contributed by atoms with Crippen LogP contribution in [0.4, 0.5) is 0 Å². The summed E-state index contributed by atoms with van der Waals surface area (Å²) in [5.41, 5.74) is 0.786. The van der Waals surface area contributed by atoms with Gasteiger partial charge in [-0.25, -0.2) is 0 Å². The highest BCUT2D eigenvalue weighted by Gasteiger charge is 2.13. The molecule has 2 aromatic heterocycles. The van der Waals surface area contributed by atoms with Crippen molar-refractivity contribution >= 4 is 29.9 Å².